The lowest BCUT2D eigenvalue weighted by Gasteiger charge is -2.11. The largest absolute Gasteiger partial charge is 0.494 e. The first kappa shape index (κ1) is 20.1. The Kier molecular flexibility index (Phi) is 7.04. The van der Waals surface area contributed by atoms with E-state index >= 15 is 0 Å². The molecule has 0 saturated carbocycles. The van der Waals surface area contributed by atoms with Crippen molar-refractivity contribution in [2.45, 2.75) is 13.2 Å². The Morgan fingerprint density at radius 3 is 2.52 bits per heavy atom. The normalized spacial score (nSPS) is 10.4. The second-order valence-electron chi connectivity index (χ2n) is 5.19. The maximum Gasteiger partial charge on any atom is 0.387 e. The number of rotatable bonds is 8. The summed E-state index contributed by atoms with van der Waals surface area (Å²) in [7, 11) is 1.32. The molecule has 0 aromatic heterocycles. The molecule has 0 aliphatic carbocycles. The SMILES string of the molecule is COc1ccc(COC(=O)CNC(=O)c2ccccc2OC(F)F)cc1F. The monoisotopic (exact) mass is 383 g/mol. The molecule has 27 heavy (non-hydrogen) atoms. The van der Waals surface area contributed by atoms with Gasteiger partial charge in [-0.15, -0.1) is 0 Å². The van der Waals surface area contributed by atoms with E-state index in [1.807, 2.05) is 0 Å². The van der Waals surface area contributed by atoms with Gasteiger partial charge in [0, 0.05) is 0 Å². The summed E-state index contributed by atoms with van der Waals surface area (Å²) >= 11 is 0. The highest BCUT2D eigenvalue weighted by Crippen LogP contribution is 2.20. The van der Waals surface area contributed by atoms with Crippen LogP contribution in [0, 0.1) is 5.82 Å². The van der Waals surface area contributed by atoms with Crippen LogP contribution >= 0.6 is 0 Å². The fraction of sp³-hybridized carbons (Fsp3) is 0.222. The second kappa shape index (κ2) is 9.46. The standard InChI is InChI=1S/C18H16F3NO5/c1-25-15-7-6-11(8-13(15)19)10-26-16(23)9-22-17(24)12-4-2-3-5-14(12)27-18(20)21/h2-8,18H,9-10H2,1H3,(H,22,24). The molecule has 6 nitrogen and oxygen atoms in total. The number of methoxy groups -OCH3 is 1. The summed E-state index contributed by atoms with van der Waals surface area (Å²) in [5.74, 6) is -2.42. The molecular weight excluding hydrogens is 367 g/mol. The molecule has 0 saturated heterocycles. The number of ether oxygens (including phenoxy) is 3. The summed E-state index contributed by atoms with van der Waals surface area (Å²) in [6.07, 6.45) is 0. The van der Waals surface area contributed by atoms with Crippen LogP contribution in [-0.4, -0.2) is 32.1 Å². The molecule has 0 heterocycles. The van der Waals surface area contributed by atoms with E-state index in [1.165, 1.54) is 43.5 Å². The average molecular weight is 383 g/mol. The Labute approximate surface area is 152 Å². The van der Waals surface area contributed by atoms with Crippen molar-refractivity contribution in [1.29, 1.82) is 0 Å². The first-order valence-corrected chi connectivity index (χ1v) is 7.70. The molecule has 1 amide bonds. The van der Waals surface area contributed by atoms with Crippen molar-refractivity contribution in [3.63, 3.8) is 0 Å². The number of amides is 1. The summed E-state index contributed by atoms with van der Waals surface area (Å²) in [5.41, 5.74) is 0.242. The average Bonchev–Trinajstić information content (AvgIpc) is 2.64. The number of halogens is 3. The Morgan fingerprint density at radius 1 is 1.11 bits per heavy atom. The van der Waals surface area contributed by atoms with Gasteiger partial charge in [0.15, 0.2) is 11.6 Å². The summed E-state index contributed by atoms with van der Waals surface area (Å²) in [5, 5.41) is 2.25. The maximum absolute atomic E-state index is 13.6. The molecule has 9 heteroatoms. The molecule has 0 fully saturated rings. The third kappa shape index (κ3) is 5.91. The van der Waals surface area contributed by atoms with E-state index in [0.29, 0.717) is 5.56 Å². The van der Waals surface area contributed by atoms with Gasteiger partial charge in [-0.05, 0) is 29.8 Å². The van der Waals surface area contributed by atoms with Gasteiger partial charge < -0.3 is 19.5 Å². The van der Waals surface area contributed by atoms with E-state index < -0.39 is 30.8 Å². The lowest BCUT2D eigenvalue weighted by molar-refractivity contribution is -0.143. The van der Waals surface area contributed by atoms with E-state index in [-0.39, 0.29) is 23.7 Å². The number of esters is 1. The molecule has 2 rings (SSSR count). The van der Waals surface area contributed by atoms with Crippen LogP contribution < -0.4 is 14.8 Å². The molecule has 2 aromatic rings. The van der Waals surface area contributed by atoms with Gasteiger partial charge in [-0.2, -0.15) is 8.78 Å². The topological polar surface area (TPSA) is 73.9 Å². The summed E-state index contributed by atoms with van der Waals surface area (Å²) in [6.45, 7) is -3.80. The van der Waals surface area contributed by atoms with Crippen molar-refractivity contribution in [2.24, 2.45) is 0 Å². The smallest absolute Gasteiger partial charge is 0.387 e. The van der Waals surface area contributed by atoms with Gasteiger partial charge in [0.1, 0.15) is 18.9 Å². The van der Waals surface area contributed by atoms with Crippen molar-refractivity contribution >= 4 is 11.9 Å². The van der Waals surface area contributed by atoms with Crippen molar-refractivity contribution in [3.8, 4) is 11.5 Å². The predicted octanol–water partition coefficient (Wildman–Crippen LogP) is 2.91. The van der Waals surface area contributed by atoms with Gasteiger partial charge in [-0.25, -0.2) is 4.39 Å². The fourth-order valence-electron chi connectivity index (χ4n) is 2.12. The van der Waals surface area contributed by atoms with Crippen molar-refractivity contribution < 1.29 is 37.0 Å². The Bertz CT molecular complexity index is 813. The third-order valence-corrected chi connectivity index (χ3v) is 3.36. The van der Waals surface area contributed by atoms with Crippen LogP contribution in [0.2, 0.25) is 0 Å². The fourth-order valence-corrected chi connectivity index (χ4v) is 2.12. The molecule has 0 aliphatic rings. The number of hydrogen-bond donors (Lipinski definition) is 1. The number of alkyl halides is 2. The second-order valence-corrected chi connectivity index (χ2v) is 5.19. The molecule has 0 aliphatic heterocycles. The minimum atomic E-state index is -3.09. The highest BCUT2D eigenvalue weighted by Gasteiger charge is 2.16. The van der Waals surface area contributed by atoms with Crippen LogP contribution in [0.5, 0.6) is 11.5 Å². The van der Waals surface area contributed by atoms with Gasteiger partial charge in [-0.3, -0.25) is 9.59 Å². The summed E-state index contributed by atoms with van der Waals surface area (Å²) < 4.78 is 52.2. The number of carbonyl (C=O) groups excluding carboxylic acids is 2. The maximum atomic E-state index is 13.6. The number of nitrogens with one attached hydrogen (secondary N) is 1. The van der Waals surface area contributed by atoms with Crippen molar-refractivity contribution in [3.05, 3.63) is 59.4 Å². The molecule has 0 unspecified atom stereocenters. The van der Waals surface area contributed by atoms with E-state index in [1.54, 1.807) is 0 Å². The third-order valence-electron chi connectivity index (χ3n) is 3.36. The van der Waals surface area contributed by atoms with Gasteiger partial charge >= 0.3 is 12.6 Å². The highest BCUT2D eigenvalue weighted by atomic mass is 19.3. The summed E-state index contributed by atoms with van der Waals surface area (Å²) in [6, 6.07) is 9.44. The molecule has 0 radical (unpaired) electrons. The zero-order chi connectivity index (χ0) is 19.8. The van der Waals surface area contributed by atoms with Gasteiger partial charge in [0.2, 0.25) is 0 Å². The van der Waals surface area contributed by atoms with Gasteiger partial charge in [0.05, 0.1) is 12.7 Å². The van der Waals surface area contributed by atoms with E-state index in [9.17, 15) is 22.8 Å². The number of para-hydroxylation sites is 1. The Morgan fingerprint density at radius 2 is 1.85 bits per heavy atom. The predicted molar refractivity (Wildman–Crippen MR) is 88.2 cm³/mol. The Balaban J connectivity index is 1.87. The van der Waals surface area contributed by atoms with Crippen molar-refractivity contribution in [1.82, 2.24) is 5.32 Å². The van der Waals surface area contributed by atoms with Crippen LogP contribution in [0.25, 0.3) is 0 Å². The first-order chi connectivity index (χ1) is 12.9. The highest BCUT2D eigenvalue weighted by molar-refractivity contribution is 5.98. The van der Waals surface area contributed by atoms with Crippen LogP contribution in [0.4, 0.5) is 13.2 Å². The van der Waals surface area contributed by atoms with Crippen LogP contribution in [-0.2, 0) is 16.1 Å². The summed E-state index contributed by atoms with van der Waals surface area (Å²) in [4.78, 5) is 23.7. The molecule has 144 valence electrons. The van der Waals surface area contributed by atoms with E-state index in [2.05, 4.69) is 10.1 Å². The number of benzene rings is 2. The van der Waals surface area contributed by atoms with Gasteiger partial charge in [0.25, 0.3) is 5.91 Å². The molecule has 0 bridgehead atoms. The Hall–Kier alpha value is -3.23. The number of hydrogen-bond acceptors (Lipinski definition) is 5. The zero-order valence-electron chi connectivity index (χ0n) is 14.2. The van der Waals surface area contributed by atoms with E-state index in [0.717, 1.165) is 6.07 Å². The van der Waals surface area contributed by atoms with Gasteiger partial charge in [-0.1, -0.05) is 18.2 Å². The zero-order valence-corrected chi connectivity index (χ0v) is 14.2. The van der Waals surface area contributed by atoms with Crippen LogP contribution in [0.3, 0.4) is 0 Å². The van der Waals surface area contributed by atoms with Crippen LogP contribution in [0.1, 0.15) is 15.9 Å². The first-order valence-electron chi connectivity index (χ1n) is 7.70. The van der Waals surface area contributed by atoms with Crippen molar-refractivity contribution in [2.75, 3.05) is 13.7 Å². The number of carbonyl (C=O) groups is 2. The molecule has 0 spiro atoms. The lowest BCUT2D eigenvalue weighted by atomic mass is 10.2. The minimum absolute atomic E-state index is 0.0574. The molecular formula is C18H16F3NO5. The molecule has 0 atom stereocenters. The quantitative estimate of drug-likeness (QED) is 0.710. The van der Waals surface area contributed by atoms with Crippen LogP contribution in [0.15, 0.2) is 42.5 Å². The molecule has 2 aromatic carbocycles. The minimum Gasteiger partial charge on any atom is -0.494 e. The lowest BCUT2D eigenvalue weighted by Crippen LogP contribution is -2.31. The molecule has 1 N–H and O–H groups in total. The van der Waals surface area contributed by atoms with E-state index in [4.69, 9.17) is 9.47 Å².